The second-order valence-electron chi connectivity index (χ2n) is 5.82. The number of rotatable bonds is 6. The number of H-pyrrole nitrogens is 1. The van der Waals surface area contributed by atoms with E-state index in [2.05, 4.69) is 21.9 Å². The van der Waals surface area contributed by atoms with E-state index in [0.29, 0.717) is 5.56 Å². The monoisotopic (exact) mass is 324 g/mol. The van der Waals surface area contributed by atoms with Crippen molar-refractivity contribution < 1.29 is 10.0 Å². The quantitative estimate of drug-likeness (QED) is 0.480. The number of hydroxylamine groups is 1. The molecule has 6 nitrogen and oxygen atoms in total. The van der Waals surface area contributed by atoms with Crippen LogP contribution in [0.5, 0.6) is 0 Å². The van der Waals surface area contributed by atoms with Crippen molar-refractivity contribution in [2.45, 2.75) is 13.0 Å². The molecule has 0 radical (unpaired) electrons. The van der Waals surface area contributed by atoms with E-state index < -0.39 is 5.91 Å². The third-order valence-electron chi connectivity index (χ3n) is 4.05. The minimum atomic E-state index is -0.513. The first-order valence-corrected chi connectivity index (χ1v) is 7.80. The van der Waals surface area contributed by atoms with Crippen molar-refractivity contribution in [2.75, 3.05) is 13.6 Å². The van der Waals surface area contributed by atoms with Gasteiger partial charge in [0, 0.05) is 54.1 Å². The van der Waals surface area contributed by atoms with E-state index in [9.17, 15) is 4.79 Å². The molecule has 3 N–H and O–H groups in total. The van der Waals surface area contributed by atoms with Crippen molar-refractivity contribution in [1.82, 2.24) is 20.3 Å². The van der Waals surface area contributed by atoms with E-state index >= 15 is 0 Å². The third kappa shape index (κ3) is 3.61. The Kier molecular flexibility index (Phi) is 4.88. The Morgan fingerprint density at radius 3 is 2.96 bits per heavy atom. The lowest BCUT2D eigenvalue weighted by atomic mass is 10.1. The fourth-order valence-electron chi connectivity index (χ4n) is 2.74. The third-order valence-corrected chi connectivity index (χ3v) is 4.05. The van der Waals surface area contributed by atoms with Crippen LogP contribution < -0.4 is 5.48 Å². The van der Waals surface area contributed by atoms with Crippen LogP contribution in [0.1, 0.15) is 21.6 Å². The second kappa shape index (κ2) is 7.25. The van der Waals surface area contributed by atoms with Gasteiger partial charge in [-0.15, -0.1) is 0 Å². The SMILES string of the molecule is CN(CCc1ccccn1)Cc1c[nH]c2cc(C(=O)NO)ccc12. The lowest BCUT2D eigenvalue weighted by Gasteiger charge is -2.15. The number of likely N-dealkylation sites (N-methyl/N-ethyl adjacent to an activating group) is 1. The number of hydrogen-bond acceptors (Lipinski definition) is 4. The highest BCUT2D eigenvalue weighted by Gasteiger charge is 2.10. The molecule has 1 aromatic carbocycles. The van der Waals surface area contributed by atoms with Crippen LogP contribution in [0.4, 0.5) is 0 Å². The summed E-state index contributed by atoms with van der Waals surface area (Å²) >= 11 is 0. The Morgan fingerprint density at radius 1 is 1.33 bits per heavy atom. The predicted octanol–water partition coefficient (Wildman–Crippen LogP) is 2.36. The van der Waals surface area contributed by atoms with E-state index in [0.717, 1.165) is 36.1 Å². The first kappa shape index (κ1) is 16.2. The summed E-state index contributed by atoms with van der Waals surface area (Å²) in [5, 5.41) is 9.79. The van der Waals surface area contributed by atoms with Crippen molar-refractivity contribution >= 4 is 16.8 Å². The molecule has 3 aromatic rings. The minimum absolute atomic E-state index is 0.418. The first-order chi connectivity index (χ1) is 11.7. The zero-order valence-electron chi connectivity index (χ0n) is 13.5. The molecule has 0 saturated carbocycles. The average Bonchev–Trinajstić information content (AvgIpc) is 3.02. The Hall–Kier alpha value is -2.70. The number of fused-ring (bicyclic) bond motifs is 1. The van der Waals surface area contributed by atoms with Gasteiger partial charge < -0.3 is 9.88 Å². The summed E-state index contributed by atoms with van der Waals surface area (Å²) in [6, 6.07) is 11.3. The van der Waals surface area contributed by atoms with Gasteiger partial charge in [0.1, 0.15) is 0 Å². The van der Waals surface area contributed by atoms with Crippen LogP contribution in [0.3, 0.4) is 0 Å². The minimum Gasteiger partial charge on any atom is -0.361 e. The van der Waals surface area contributed by atoms with Crippen LogP contribution >= 0.6 is 0 Å². The van der Waals surface area contributed by atoms with Gasteiger partial charge in [0.25, 0.3) is 5.91 Å². The molecule has 0 aliphatic rings. The first-order valence-electron chi connectivity index (χ1n) is 7.80. The van der Waals surface area contributed by atoms with Gasteiger partial charge in [-0.1, -0.05) is 12.1 Å². The summed E-state index contributed by atoms with van der Waals surface area (Å²) in [6.45, 7) is 1.72. The summed E-state index contributed by atoms with van der Waals surface area (Å²) in [6.07, 6.45) is 4.68. The molecule has 0 aliphatic heterocycles. The number of benzene rings is 1. The molecule has 0 bridgehead atoms. The summed E-state index contributed by atoms with van der Waals surface area (Å²) in [5.74, 6) is -0.513. The molecular formula is C18H20N4O2. The van der Waals surface area contributed by atoms with Crippen LogP contribution in [0.25, 0.3) is 10.9 Å². The maximum absolute atomic E-state index is 11.5. The van der Waals surface area contributed by atoms with Gasteiger partial charge in [0.15, 0.2) is 0 Å². The normalized spacial score (nSPS) is 11.1. The smallest absolute Gasteiger partial charge is 0.274 e. The van der Waals surface area contributed by atoms with Crippen LogP contribution in [0, 0.1) is 0 Å². The molecule has 0 aliphatic carbocycles. The summed E-state index contributed by atoms with van der Waals surface area (Å²) in [5.41, 5.74) is 5.20. The van der Waals surface area contributed by atoms with Crippen LogP contribution in [0.15, 0.2) is 48.8 Å². The van der Waals surface area contributed by atoms with E-state index in [-0.39, 0.29) is 0 Å². The highest BCUT2D eigenvalue weighted by Crippen LogP contribution is 2.21. The Morgan fingerprint density at radius 2 is 2.21 bits per heavy atom. The molecule has 2 heterocycles. The number of aromatic amines is 1. The van der Waals surface area contributed by atoms with Crippen molar-refractivity contribution in [3.63, 3.8) is 0 Å². The number of hydrogen-bond donors (Lipinski definition) is 3. The van der Waals surface area contributed by atoms with Gasteiger partial charge in [0.05, 0.1) is 0 Å². The molecule has 24 heavy (non-hydrogen) atoms. The van der Waals surface area contributed by atoms with Gasteiger partial charge in [-0.3, -0.25) is 15.0 Å². The Balaban J connectivity index is 1.67. The molecule has 3 rings (SSSR count). The number of carbonyl (C=O) groups excluding carboxylic acids is 1. The summed E-state index contributed by atoms with van der Waals surface area (Å²) < 4.78 is 0. The van der Waals surface area contributed by atoms with Crippen LogP contribution in [-0.4, -0.2) is 39.6 Å². The lowest BCUT2D eigenvalue weighted by Crippen LogP contribution is -2.21. The number of amides is 1. The van der Waals surface area contributed by atoms with Crippen molar-refractivity contribution in [3.8, 4) is 0 Å². The van der Waals surface area contributed by atoms with Crippen molar-refractivity contribution in [1.29, 1.82) is 0 Å². The molecule has 0 unspecified atom stereocenters. The zero-order valence-corrected chi connectivity index (χ0v) is 13.5. The van der Waals surface area contributed by atoms with E-state index in [4.69, 9.17) is 5.21 Å². The largest absolute Gasteiger partial charge is 0.361 e. The number of aromatic nitrogens is 2. The van der Waals surface area contributed by atoms with Gasteiger partial charge in [0.2, 0.25) is 0 Å². The number of carbonyl (C=O) groups is 1. The van der Waals surface area contributed by atoms with Crippen molar-refractivity contribution in [2.24, 2.45) is 0 Å². The maximum atomic E-state index is 11.5. The maximum Gasteiger partial charge on any atom is 0.274 e. The molecular weight excluding hydrogens is 304 g/mol. The van der Waals surface area contributed by atoms with Gasteiger partial charge in [-0.2, -0.15) is 0 Å². The van der Waals surface area contributed by atoms with Crippen LogP contribution in [-0.2, 0) is 13.0 Å². The molecule has 2 aromatic heterocycles. The predicted molar refractivity (Wildman–Crippen MR) is 91.8 cm³/mol. The highest BCUT2D eigenvalue weighted by molar-refractivity contribution is 5.97. The Bertz CT molecular complexity index is 829. The zero-order chi connectivity index (χ0) is 16.9. The molecule has 0 spiro atoms. The standard InChI is InChI=1S/C18H20N4O2/c1-22(9-7-15-4-2-3-8-19-15)12-14-11-20-17-10-13(18(23)21-24)5-6-16(14)17/h2-6,8,10-11,20,24H,7,9,12H2,1H3,(H,21,23). The molecule has 124 valence electrons. The van der Waals surface area contributed by atoms with Crippen molar-refractivity contribution in [3.05, 3.63) is 65.6 Å². The summed E-state index contributed by atoms with van der Waals surface area (Å²) in [7, 11) is 2.08. The molecule has 0 saturated heterocycles. The molecule has 1 amide bonds. The number of nitrogens with one attached hydrogen (secondary N) is 2. The number of nitrogens with zero attached hydrogens (tertiary/aromatic N) is 2. The summed E-state index contributed by atoms with van der Waals surface area (Å²) in [4.78, 5) is 21.2. The fourth-order valence-corrected chi connectivity index (χ4v) is 2.74. The lowest BCUT2D eigenvalue weighted by molar-refractivity contribution is 0.0706. The van der Waals surface area contributed by atoms with E-state index in [1.54, 1.807) is 17.6 Å². The molecule has 6 heteroatoms. The van der Waals surface area contributed by atoms with Crippen LogP contribution in [0.2, 0.25) is 0 Å². The van der Waals surface area contributed by atoms with Gasteiger partial charge >= 0.3 is 0 Å². The van der Waals surface area contributed by atoms with Gasteiger partial charge in [-0.25, -0.2) is 5.48 Å². The molecule has 0 atom stereocenters. The van der Waals surface area contributed by atoms with Gasteiger partial charge in [-0.05, 0) is 36.9 Å². The Labute approximate surface area is 140 Å². The van der Waals surface area contributed by atoms with E-state index in [1.807, 2.05) is 36.7 Å². The molecule has 0 fully saturated rings. The average molecular weight is 324 g/mol. The fraction of sp³-hybridized carbons (Fsp3) is 0.222. The number of pyridine rings is 1. The highest BCUT2D eigenvalue weighted by atomic mass is 16.5. The van der Waals surface area contributed by atoms with E-state index in [1.165, 1.54) is 5.56 Å². The second-order valence-corrected chi connectivity index (χ2v) is 5.82. The topological polar surface area (TPSA) is 81.2 Å².